The molecule has 1 spiro atoms. The van der Waals surface area contributed by atoms with Gasteiger partial charge in [0.2, 0.25) is 0 Å². The van der Waals surface area contributed by atoms with Crippen LogP contribution < -0.4 is 4.90 Å². The number of benzene rings is 1. The first kappa shape index (κ1) is 23.8. The van der Waals surface area contributed by atoms with E-state index in [4.69, 9.17) is 9.84 Å². The second kappa shape index (κ2) is 8.48. The molecule has 1 aliphatic carbocycles. The number of carbonyl (C=O) groups excluding carboxylic acids is 2. The Hall–Kier alpha value is -3.30. The molecule has 1 saturated carbocycles. The highest BCUT2D eigenvalue weighted by molar-refractivity contribution is 6.03. The smallest absolute Gasteiger partial charge is 0.410 e. The molecule has 1 unspecified atom stereocenters. The molecule has 2 amide bonds. The monoisotopic (exact) mass is 473 g/mol. The van der Waals surface area contributed by atoms with Crippen molar-refractivity contribution in [3.05, 3.63) is 29.3 Å². The summed E-state index contributed by atoms with van der Waals surface area (Å²) in [5, 5.41) is 18.8. The van der Waals surface area contributed by atoms with Crippen molar-refractivity contribution in [2.45, 2.75) is 63.6 Å². The molecule has 4 rings (SSSR count). The lowest BCUT2D eigenvalue weighted by molar-refractivity contribution is -0.144. The Labute approximate surface area is 198 Å². The molecule has 0 bridgehead atoms. The summed E-state index contributed by atoms with van der Waals surface area (Å²) < 4.78 is 5.45. The van der Waals surface area contributed by atoms with Gasteiger partial charge in [-0.15, -0.1) is 0 Å². The van der Waals surface area contributed by atoms with E-state index in [1.54, 1.807) is 11.0 Å². The van der Waals surface area contributed by atoms with Crippen LogP contribution in [0.2, 0.25) is 0 Å². The number of nitrogens with zero attached hydrogens (tertiary/aromatic N) is 3. The van der Waals surface area contributed by atoms with Gasteiger partial charge in [-0.05, 0) is 63.8 Å². The second-order valence-electron chi connectivity index (χ2n) is 10.2. The standard InChI is InChI=1S/C24H31N3O7/c1-23(2,3)34-22(33)26-12-10-25(11-13-26)15-4-5-16-17(14-15)24(8-9-24)27(20(16)30)18(21(31)32)6-7-19(28)29/h4-5,14,18H,6-13H2,1-3H3,(H,28,29)(H,31,32). The van der Waals surface area contributed by atoms with Crippen LogP contribution in [0.1, 0.15) is 62.4 Å². The fourth-order valence-corrected chi connectivity index (χ4v) is 4.92. The van der Waals surface area contributed by atoms with Crippen molar-refractivity contribution in [3.8, 4) is 0 Å². The number of aliphatic carboxylic acids is 2. The second-order valence-corrected chi connectivity index (χ2v) is 10.2. The molecule has 0 aromatic heterocycles. The molecule has 3 aliphatic rings. The molecule has 2 fully saturated rings. The number of ether oxygens (including phenoxy) is 1. The van der Waals surface area contributed by atoms with Gasteiger partial charge in [0.25, 0.3) is 5.91 Å². The number of carboxylic acids is 2. The summed E-state index contributed by atoms with van der Waals surface area (Å²) in [5.74, 6) is -2.63. The summed E-state index contributed by atoms with van der Waals surface area (Å²) in [6, 6.07) is 4.37. The lowest BCUT2D eigenvalue weighted by Crippen LogP contribution is -2.50. The predicted molar refractivity (Wildman–Crippen MR) is 122 cm³/mol. The summed E-state index contributed by atoms with van der Waals surface area (Å²) in [5.41, 5.74) is 0.980. The number of rotatable bonds is 6. The zero-order chi connectivity index (χ0) is 24.8. The molecular formula is C24H31N3O7. The molecule has 0 radical (unpaired) electrons. The van der Waals surface area contributed by atoms with Gasteiger partial charge >= 0.3 is 18.0 Å². The first-order valence-corrected chi connectivity index (χ1v) is 11.6. The number of carboxylic acid groups (broad SMARTS) is 2. The van der Waals surface area contributed by atoms with Crippen LogP contribution in [0, 0.1) is 0 Å². The topological polar surface area (TPSA) is 128 Å². The van der Waals surface area contributed by atoms with E-state index < -0.39 is 29.1 Å². The van der Waals surface area contributed by atoms with E-state index in [1.165, 1.54) is 4.90 Å². The largest absolute Gasteiger partial charge is 0.481 e. The highest BCUT2D eigenvalue weighted by atomic mass is 16.6. The number of amides is 2. The number of fused-ring (bicyclic) bond motifs is 2. The molecule has 10 heteroatoms. The van der Waals surface area contributed by atoms with E-state index in [0.29, 0.717) is 44.6 Å². The Morgan fingerprint density at radius 2 is 1.74 bits per heavy atom. The van der Waals surface area contributed by atoms with Gasteiger partial charge < -0.3 is 29.6 Å². The van der Waals surface area contributed by atoms with Crippen molar-refractivity contribution in [1.82, 2.24) is 9.80 Å². The molecule has 184 valence electrons. The van der Waals surface area contributed by atoms with Gasteiger partial charge in [-0.2, -0.15) is 0 Å². The van der Waals surface area contributed by atoms with E-state index in [9.17, 15) is 24.3 Å². The zero-order valence-corrected chi connectivity index (χ0v) is 19.7. The summed E-state index contributed by atoms with van der Waals surface area (Å²) in [6.45, 7) is 7.75. The maximum absolute atomic E-state index is 13.2. The van der Waals surface area contributed by atoms with E-state index in [1.807, 2.05) is 32.9 Å². The summed E-state index contributed by atoms with van der Waals surface area (Å²) in [6.07, 6.45) is 0.517. The van der Waals surface area contributed by atoms with Crippen molar-refractivity contribution in [1.29, 1.82) is 0 Å². The minimum atomic E-state index is -1.19. The van der Waals surface area contributed by atoms with Crippen molar-refractivity contribution < 1.29 is 34.1 Å². The van der Waals surface area contributed by atoms with Crippen molar-refractivity contribution in [2.24, 2.45) is 0 Å². The lowest BCUT2D eigenvalue weighted by atomic mass is 10.00. The average Bonchev–Trinajstić information content (AvgIpc) is 3.51. The number of piperazine rings is 1. The maximum atomic E-state index is 13.2. The molecular weight excluding hydrogens is 442 g/mol. The predicted octanol–water partition coefficient (Wildman–Crippen LogP) is 2.51. The molecule has 1 saturated heterocycles. The summed E-state index contributed by atoms with van der Waals surface area (Å²) in [4.78, 5) is 53.8. The van der Waals surface area contributed by atoms with E-state index in [2.05, 4.69) is 4.90 Å². The fraction of sp³-hybridized carbons (Fsp3) is 0.583. The first-order chi connectivity index (χ1) is 15.9. The van der Waals surface area contributed by atoms with E-state index in [-0.39, 0.29) is 24.8 Å². The molecule has 1 aromatic rings. The van der Waals surface area contributed by atoms with Gasteiger partial charge in [-0.25, -0.2) is 9.59 Å². The van der Waals surface area contributed by atoms with Crippen LogP contribution in [-0.2, 0) is 19.9 Å². The Morgan fingerprint density at radius 1 is 1.09 bits per heavy atom. The normalized spacial score (nSPS) is 19.7. The number of hydrogen-bond donors (Lipinski definition) is 2. The van der Waals surface area contributed by atoms with Crippen LogP contribution >= 0.6 is 0 Å². The summed E-state index contributed by atoms with van der Waals surface area (Å²) >= 11 is 0. The summed E-state index contributed by atoms with van der Waals surface area (Å²) in [7, 11) is 0. The van der Waals surface area contributed by atoms with Crippen LogP contribution in [-0.4, -0.2) is 81.8 Å². The minimum Gasteiger partial charge on any atom is -0.481 e. The zero-order valence-electron chi connectivity index (χ0n) is 19.7. The Bertz CT molecular complexity index is 1020. The third-order valence-electron chi connectivity index (χ3n) is 6.66. The van der Waals surface area contributed by atoms with Gasteiger partial charge in [-0.3, -0.25) is 9.59 Å². The first-order valence-electron chi connectivity index (χ1n) is 11.6. The number of anilines is 1. The van der Waals surface area contributed by atoms with Crippen molar-refractivity contribution in [2.75, 3.05) is 31.1 Å². The molecule has 34 heavy (non-hydrogen) atoms. The lowest BCUT2D eigenvalue weighted by Gasteiger charge is -2.37. The minimum absolute atomic E-state index is 0.133. The van der Waals surface area contributed by atoms with Gasteiger partial charge in [-0.1, -0.05) is 0 Å². The molecule has 2 N–H and O–H groups in total. The SMILES string of the molecule is CC(C)(C)OC(=O)N1CCN(c2ccc3c(c2)C2(CC2)N(C(CCC(=O)O)C(=O)O)C3=O)CC1. The van der Waals surface area contributed by atoms with E-state index in [0.717, 1.165) is 11.3 Å². The Morgan fingerprint density at radius 3 is 2.26 bits per heavy atom. The number of carbonyl (C=O) groups is 4. The van der Waals surface area contributed by atoms with Gasteiger partial charge in [0.15, 0.2) is 0 Å². The van der Waals surface area contributed by atoms with Crippen LogP contribution in [0.3, 0.4) is 0 Å². The Balaban J connectivity index is 1.51. The maximum Gasteiger partial charge on any atom is 0.410 e. The highest BCUT2D eigenvalue weighted by Crippen LogP contribution is 2.58. The van der Waals surface area contributed by atoms with Gasteiger partial charge in [0.1, 0.15) is 11.6 Å². The molecule has 2 aliphatic heterocycles. The van der Waals surface area contributed by atoms with Crippen molar-refractivity contribution >= 4 is 29.6 Å². The van der Waals surface area contributed by atoms with Crippen LogP contribution in [0.5, 0.6) is 0 Å². The van der Waals surface area contributed by atoms with E-state index >= 15 is 0 Å². The van der Waals surface area contributed by atoms with Crippen LogP contribution in [0.4, 0.5) is 10.5 Å². The third-order valence-corrected chi connectivity index (χ3v) is 6.66. The van der Waals surface area contributed by atoms with Crippen LogP contribution in [0.15, 0.2) is 18.2 Å². The molecule has 1 aromatic carbocycles. The average molecular weight is 474 g/mol. The highest BCUT2D eigenvalue weighted by Gasteiger charge is 2.61. The molecule has 1 atom stereocenters. The quantitative estimate of drug-likeness (QED) is 0.645. The fourth-order valence-electron chi connectivity index (χ4n) is 4.92. The van der Waals surface area contributed by atoms with Crippen LogP contribution in [0.25, 0.3) is 0 Å². The Kier molecular flexibility index (Phi) is 5.95. The van der Waals surface area contributed by atoms with Gasteiger partial charge in [0.05, 0.1) is 5.54 Å². The number of hydrogen-bond acceptors (Lipinski definition) is 6. The molecule has 10 nitrogen and oxygen atoms in total. The van der Waals surface area contributed by atoms with Gasteiger partial charge in [0, 0.05) is 43.9 Å². The van der Waals surface area contributed by atoms with Crippen molar-refractivity contribution in [3.63, 3.8) is 0 Å². The molecule has 2 heterocycles. The third kappa shape index (κ3) is 4.41.